The quantitative estimate of drug-likeness (QED) is 0.856. The average Bonchev–Trinajstić information content (AvgIpc) is 2.34. The molecule has 2 heteroatoms. The van der Waals surface area contributed by atoms with Crippen molar-refractivity contribution in [2.75, 3.05) is 6.54 Å². The van der Waals surface area contributed by atoms with Gasteiger partial charge in [0.2, 0.25) is 0 Å². The van der Waals surface area contributed by atoms with Crippen molar-refractivity contribution in [1.82, 2.24) is 5.32 Å². The van der Waals surface area contributed by atoms with Crippen molar-refractivity contribution in [3.05, 3.63) is 35.6 Å². The molecule has 0 bridgehead atoms. The van der Waals surface area contributed by atoms with Gasteiger partial charge in [0.1, 0.15) is 5.82 Å². The second-order valence-corrected chi connectivity index (χ2v) is 5.80. The number of hydrogen-bond acceptors (Lipinski definition) is 1. The van der Waals surface area contributed by atoms with Crippen molar-refractivity contribution in [2.45, 2.75) is 45.6 Å². The van der Waals surface area contributed by atoms with Gasteiger partial charge in [0.15, 0.2) is 0 Å². The fourth-order valence-corrected chi connectivity index (χ4v) is 2.85. The van der Waals surface area contributed by atoms with Gasteiger partial charge in [-0.15, -0.1) is 0 Å². The largest absolute Gasteiger partial charge is 0.314 e. The summed E-state index contributed by atoms with van der Waals surface area (Å²) in [6.45, 7) is 5.66. The van der Waals surface area contributed by atoms with Gasteiger partial charge in [-0.1, -0.05) is 26.0 Å². The van der Waals surface area contributed by atoms with E-state index in [-0.39, 0.29) is 5.82 Å². The molecule has 1 N–H and O–H groups in total. The molecule has 18 heavy (non-hydrogen) atoms. The Balaban J connectivity index is 1.72. The molecule has 1 aromatic rings. The Bertz CT molecular complexity index is 377. The topological polar surface area (TPSA) is 12.0 Å². The lowest BCUT2D eigenvalue weighted by atomic mass is 9.79. The molecule has 0 aliphatic heterocycles. The molecule has 1 fully saturated rings. The molecule has 0 amide bonds. The lowest BCUT2D eigenvalue weighted by molar-refractivity contribution is 0.227. The second-order valence-electron chi connectivity index (χ2n) is 5.80. The van der Waals surface area contributed by atoms with Crippen LogP contribution >= 0.6 is 0 Å². The maximum atomic E-state index is 13.0. The number of nitrogens with one attached hydrogen (secondary N) is 1. The summed E-state index contributed by atoms with van der Waals surface area (Å²) >= 11 is 0. The average molecular weight is 249 g/mol. The van der Waals surface area contributed by atoms with Crippen molar-refractivity contribution < 1.29 is 4.39 Å². The summed E-state index contributed by atoms with van der Waals surface area (Å²) in [4.78, 5) is 0. The highest BCUT2D eigenvalue weighted by Gasteiger charge is 2.23. The van der Waals surface area contributed by atoms with E-state index in [2.05, 4.69) is 19.2 Å². The zero-order valence-corrected chi connectivity index (χ0v) is 11.5. The lowest BCUT2D eigenvalue weighted by Gasteiger charge is -2.32. The molecular formula is C16H24FN. The zero-order chi connectivity index (χ0) is 13.0. The molecule has 1 saturated carbocycles. The van der Waals surface area contributed by atoms with E-state index in [0.717, 1.165) is 30.4 Å². The summed E-state index contributed by atoms with van der Waals surface area (Å²) in [5.74, 6) is 1.56. The SMILES string of the molecule is CC1CCC(NCCc2cccc(F)c2)CC1C. The molecule has 1 aliphatic rings. The van der Waals surface area contributed by atoms with Gasteiger partial charge in [0.05, 0.1) is 0 Å². The molecule has 0 radical (unpaired) electrons. The van der Waals surface area contributed by atoms with E-state index in [1.807, 2.05) is 6.07 Å². The van der Waals surface area contributed by atoms with Crippen LogP contribution in [0, 0.1) is 17.7 Å². The molecule has 1 nitrogen and oxygen atoms in total. The summed E-state index contributed by atoms with van der Waals surface area (Å²) in [5.41, 5.74) is 1.08. The van der Waals surface area contributed by atoms with Gasteiger partial charge in [-0.2, -0.15) is 0 Å². The van der Waals surface area contributed by atoms with Gasteiger partial charge in [0, 0.05) is 6.04 Å². The third-order valence-corrected chi connectivity index (χ3v) is 4.33. The molecule has 0 saturated heterocycles. The summed E-state index contributed by atoms with van der Waals surface area (Å²) in [7, 11) is 0. The molecule has 1 aliphatic carbocycles. The van der Waals surface area contributed by atoms with Gasteiger partial charge in [-0.25, -0.2) is 4.39 Å². The van der Waals surface area contributed by atoms with Crippen LogP contribution in [0.15, 0.2) is 24.3 Å². The van der Waals surface area contributed by atoms with E-state index in [0.29, 0.717) is 6.04 Å². The monoisotopic (exact) mass is 249 g/mol. The first-order valence-electron chi connectivity index (χ1n) is 7.13. The smallest absolute Gasteiger partial charge is 0.123 e. The molecule has 0 heterocycles. The van der Waals surface area contributed by atoms with Crippen molar-refractivity contribution >= 4 is 0 Å². The van der Waals surface area contributed by atoms with Crippen LogP contribution in [0.4, 0.5) is 4.39 Å². The molecule has 3 unspecified atom stereocenters. The summed E-state index contributed by atoms with van der Waals surface area (Å²) in [5, 5.41) is 3.62. The van der Waals surface area contributed by atoms with E-state index in [9.17, 15) is 4.39 Å². The third-order valence-electron chi connectivity index (χ3n) is 4.33. The third kappa shape index (κ3) is 3.81. The van der Waals surface area contributed by atoms with Gasteiger partial charge in [-0.05, 0) is 61.8 Å². The number of hydrogen-bond donors (Lipinski definition) is 1. The van der Waals surface area contributed by atoms with E-state index >= 15 is 0 Å². The Labute approximate surface area is 110 Å². The maximum Gasteiger partial charge on any atom is 0.123 e. The minimum absolute atomic E-state index is 0.132. The standard InChI is InChI=1S/C16H24FN/c1-12-6-7-16(10-13(12)2)18-9-8-14-4-3-5-15(17)11-14/h3-5,11-13,16,18H,6-10H2,1-2H3. The van der Waals surface area contributed by atoms with Crippen LogP contribution in [0.3, 0.4) is 0 Å². The minimum atomic E-state index is -0.132. The van der Waals surface area contributed by atoms with Crippen molar-refractivity contribution in [3.63, 3.8) is 0 Å². The van der Waals surface area contributed by atoms with E-state index < -0.39 is 0 Å². The Morgan fingerprint density at radius 2 is 2.06 bits per heavy atom. The van der Waals surface area contributed by atoms with Crippen LogP contribution in [-0.4, -0.2) is 12.6 Å². The highest BCUT2D eigenvalue weighted by Crippen LogP contribution is 2.29. The van der Waals surface area contributed by atoms with Gasteiger partial charge >= 0.3 is 0 Å². The van der Waals surface area contributed by atoms with E-state index in [4.69, 9.17) is 0 Å². The van der Waals surface area contributed by atoms with E-state index in [1.54, 1.807) is 12.1 Å². The highest BCUT2D eigenvalue weighted by atomic mass is 19.1. The van der Waals surface area contributed by atoms with Crippen molar-refractivity contribution in [1.29, 1.82) is 0 Å². The molecule has 100 valence electrons. The predicted molar refractivity (Wildman–Crippen MR) is 74.1 cm³/mol. The van der Waals surface area contributed by atoms with Crippen molar-refractivity contribution in [2.24, 2.45) is 11.8 Å². The minimum Gasteiger partial charge on any atom is -0.314 e. The van der Waals surface area contributed by atoms with Crippen molar-refractivity contribution in [3.8, 4) is 0 Å². The van der Waals surface area contributed by atoms with Gasteiger partial charge in [-0.3, -0.25) is 0 Å². The Morgan fingerprint density at radius 3 is 2.78 bits per heavy atom. The molecular weight excluding hydrogens is 225 g/mol. The molecule has 2 rings (SSSR count). The van der Waals surface area contributed by atoms with Crippen LogP contribution in [0.1, 0.15) is 38.7 Å². The fourth-order valence-electron chi connectivity index (χ4n) is 2.85. The summed E-state index contributed by atoms with van der Waals surface area (Å²) < 4.78 is 13.0. The summed E-state index contributed by atoms with van der Waals surface area (Å²) in [6.07, 6.45) is 4.82. The number of rotatable bonds is 4. The molecule has 0 aromatic heterocycles. The first kappa shape index (κ1) is 13.5. The Kier molecular flexibility index (Phi) is 4.76. The van der Waals surface area contributed by atoms with Crippen LogP contribution < -0.4 is 5.32 Å². The van der Waals surface area contributed by atoms with Gasteiger partial charge in [0.25, 0.3) is 0 Å². The number of halogens is 1. The predicted octanol–water partition coefficient (Wildman–Crippen LogP) is 3.78. The number of benzene rings is 1. The first-order chi connectivity index (χ1) is 8.65. The van der Waals surface area contributed by atoms with Gasteiger partial charge < -0.3 is 5.32 Å². The van der Waals surface area contributed by atoms with Crippen LogP contribution in [0.5, 0.6) is 0 Å². The molecule has 3 atom stereocenters. The lowest BCUT2D eigenvalue weighted by Crippen LogP contribution is -2.37. The van der Waals surface area contributed by atoms with E-state index in [1.165, 1.54) is 25.3 Å². The highest BCUT2D eigenvalue weighted by molar-refractivity contribution is 5.16. The Hall–Kier alpha value is -0.890. The first-order valence-corrected chi connectivity index (χ1v) is 7.13. The molecule has 1 aromatic carbocycles. The molecule has 0 spiro atoms. The zero-order valence-electron chi connectivity index (χ0n) is 11.5. The van der Waals surface area contributed by atoms with Crippen LogP contribution in [0.2, 0.25) is 0 Å². The van der Waals surface area contributed by atoms with Crippen LogP contribution in [0.25, 0.3) is 0 Å². The summed E-state index contributed by atoms with van der Waals surface area (Å²) in [6, 6.07) is 7.57. The fraction of sp³-hybridized carbons (Fsp3) is 0.625. The second kappa shape index (κ2) is 6.33. The maximum absolute atomic E-state index is 13.0. The normalized spacial score (nSPS) is 28.3. The Morgan fingerprint density at radius 1 is 1.22 bits per heavy atom. The van der Waals surface area contributed by atoms with Crippen LogP contribution in [-0.2, 0) is 6.42 Å².